The van der Waals surface area contributed by atoms with Gasteiger partial charge in [-0.05, 0) is 24.3 Å². The number of rotatable bonds is 6. The summed E-state index contributed by atoms with van der Waals surface area (Å²) in [5.41, 5.74) is -0.241. The number of benzene rings is 3. The van der Waals surface area contributed by atoms with Crippen LogP contribution in [-0.4, -0.2) is 95.0 Å². The van der Waals surface area contributed by atoms with E-state index in [-0.39, 0.29) is 46.1 Å². The van der Waals surface area contributed by atoms with Gasteiger partial charge in [-0.3, -0.25) is 4.79 Å². The number of Topliss-reactive ketones (excluding diaryl/α,β-unsaturated/α-hetero) is 1. The number of hydrogen-bond donors (Lipinski definition) is 9. The minimum Gasteiger partial charge on any atom is -0.508 e. The van der Waals surface area contributed by atoms with Crippen LogP contribution >= 0.6 is 0 Å². The second-order valence-corrected chi connectivity index (χ2v) is 9.93. The number of ether oxygens (including phenoxy) is 4. The molecule has 3 aromatic rings. The van der Waals surface area contributed by atoms with Gasteiger partial charge in [0.05, 0.1) is 12.0 Å². The lowest BCUT2D eigenvalue weighted by molar-refractivity contribution is -0.277. The van der Waals surface area contributed by atoms with E-state index in [4.69, 9.17) is 18.9 Å². The summed E-state index contributed by atoms with van der Waals surface area (Å²) < 4.78 is 22.0. The third-order valence-electron chi connectivity index (χ3n) is 6.88. The molecule has 15 heteroatoms. The minimum absolute atomic E-state index is 0.129. The maximum Gasteiger partial charge on any atom is 0.338 e. The SMILES string of the molecule is O=C(OC[C@H]1O[C@@H](Oc2cc(O)c3c(c2)O[C@H](c2cc(O)cc(O)c2)CC3=O)[C@H](O)[C@@H](O)[C@@H]1O)c1cc(O)c(O)c(O)c1. The molecule has 2 aliphatic rings. The standard InChI is InChI=1S/C28H26O15/c29-12-1-10(2-13(30)5-12)19-8-16(32)22-15(31)6-14(7-20(22)42-19)41-28-26(38)25(37)24(36)21(43-28)9-40-27(39)11-3-17(33)23(35)18(34)4-11/h1-7,19,21,24-26,28-31,33-38H,8-9H2/t19-,21+,24+,25-,26+,28+/m0/s1. The Balaban J connectivity index is 1.32. The first-order valence-electron chi connectivity index (χ1n) is 12.7. The van der Waals surface area contributed by atoms with Crippen LogP contribution in [0.1, 0.15) is 38.8 Å². The van der Waals surface area contributed by atoms with Crippen LogP contribution in [0.3, 0.4) is 0 Å². The van der Waals surface area contributed by atoms with Crippen molar-refractivity contribution >= 4 is 11.8 Å². The molecule has 228 valence electrons. The number of aliphatic hydroxyl groups is 3. The Morgan fingerprint density at radius 3 is 2.12 bits per heavy atom. The number of aromatic hydroxyl groups is 6. The lowest BCUT2D eigenvalue weighted by atomic mass is 9.95. The van der Waals surface area contributed by atoms with E-state index < -0.39 is 78.2 Å². The van der Waals surface area contributed by atoms with Crippen LogP contribution in [0.2, 0.25) is 0 Å². The van der Waals surface area contributed by atoms with Gasteiger partial charge >= 0.3 is 5.97 Å². The third-order valence-corrected chi connectivity index (χ3v) is 6.88. The predicted molar refractivity (Wildman–Crippen MR) is 139 cm³/mol. The molecule has 2 heterocycles. The van der Waals surface area contributed by atoms with Gasteiger partial charge in [-0.2, -0.15) is 0 Å². The molecule has 15 nitrogen and oxygen atoms in total. The Kier molecular flexibility index (Phi) is 7.81. The number of carbonyl (C=O) groups is 2. The number of aliphatic hydroxyl groups excluding tert-OH is 3. The summed E-state index contributed by atoms with van der Waals surface area (Å²) in [5.74, 6) is -5.43. The van der Waals surface area contributed by atoms with Gasteiger partial charge in [-0.25, -0.2) is 4.79 Å². The second-order valence-electron chi connectivity index (χ2n) is 9.93. The largest absolute Gasteiger partial charge is 0.508 e. The molecule has 5 rings (SSSR count). The van der Waals surface area contributed by atoms with Gasteiger partial charge in [0.2, 0.25) is 6.29 Å². The quantitative estimate of drug-likeness (QED) is 0.139. The number of carbonyl (C=O) groups excluding carboxylic acids is 2. The van der Waals surface area contributed by atoms with E-state index in [0.717, 1.165) is 24.3 Å². The molecular weight excluding hydrogens is 576 g/mol. The molecule has 0 aromatic heterocycles. The summed E-state index contributed by atoms with van der Waals surface area (Å²) in [5, 5.41) is 90.0. The van der Waals surface area contributed by atoms with E-state index in [0.29, 0.717) is 0 Å². The number of esters is 1. The van der Waals surface area contributed by atoms with E-state index >= 15 is 0 Å². The van der Waals surface area contributed by atoms with Crippen molar-refractivity contribution in [3.63, 3.8) is 0 Å². The Labute approximate surface area is 241 Å². The first-order valence-corrected chi connectivity index (χ1v) is 12.7. The average molecular weight is 603 g/mol. The second kappa shape index (κ2) is 11.4. The Morgan fingerprint density at radius 2 is 1.47 bits per heavy atom. The van der Waals surface area contributed by atoms with Gasteiger partial charge in [0.15, 0.2) is 23.0 Å². The fourth-order valence-corrected chi connectivity index (χ4v) is 4.72. The molecule has 2 aliphatic heterocycles. The van der Waals surface area contributed by atoms with Crippen molar-refractivity contribution in [2.75, 3.05) is 6.61 Å². The van der Waals surface area contributed by atoms with Crippen molar-refractivity contribution in [2.45, 2.75) is 43.2 Å². The Morgan fingerprint density at radius 1 is 0.814 bits per heavy atom. The smallest absolute Gasteiger partial charge is 0.338 e. The first kappa shape index (κ1) is 29.5. The van der Waals surface area contributed by atoms with Crippen molar-refractivity contribution in [1.82, 2.24) is 0 Å². The molecule has 43 heavy (non-hydrogen) atoms. The van der Waals surface area contributed by atoms with Crippen LogP contribution in [0.4, 0.5) is 0 Å². The maximum atomic E-state index is 12.8. The van der Waals surface area contributed by atoms with Gasteiger partial charge in [-0.15, -0.1) is 0 Å². The molecule has 0 saturated carbocycles. The van der Waals surface area contributed by atoms with Crippen LogP contribution in [0.15, 0.2) is 42.5 Å². The zero-order valence-corrected chi connectivity index (χ0v) is 21.9. The van der Waals surface area contributed by atoms with Gasteiger partial charge in [0.25, 0.3) is 0 Å². The van der Waals surface area contributed by atoms with E-state index in [9.17, 15) is 55.5 Å². The molecule has 3 aromatic carbocycles. The van der Waals surface area contributed by atoms with Crippen molar-refractivity contribution in [2.24, 2.45) is 0 Å². The molecule has 0 aliphatic carbocycles. The van der Waals surface area contributed by atoms with E-state index in [1.54, 1.807) is 0 Å². The van der Waals surface area contributed by atoms with Crippen LogP contribution < -0.4 is 9.47 Å². The zero-order chi connectivity index (χ0) is 31.2. The molecule has 0 unspecified atom stereocenters. The summed E-state index contributed by atoms with van der Waals surface area (Å²) in [7, 11) is 0. The monoisotopic (exact) mass is 602 g/mol. The number of phenols is 6. The fraction of sp³-hybridized carbons (Fsp3) is 0.286. The van der Waals surface area contributed by atoms with Crippen LogP contribution in [0.25, 0.3) is 0 Å². The molecule has 0 spiro atoms. The van der Waals surface area contributed by atoms with Crippen LogP contribution in [0, 0.1) is 0 Å². The van der Waals surface area contributed by atoms with Crippen LogP contribution in [-0.2, 0) is 9.47 Å². The summed E-state index contributed by atoms with van der Waals surface area (Å²) in [4.78, 5) is 25.2. The number of ketones is 1. The normalized spacial score (nSPS) is 25.0. The molecule has 0 bridgehead atoms. The van der Waals surface area contributed by atoms with Gasteiger partial charge in [0.1, 0.15) is 71.4 Å². The number of hydrogen-bond acceptors (Lipinski definition) is 15. The lowest BCUT2D eigenvalue weighted by Crippen LogP contribution is -2.60. The maximum absolute atomic E-state index is 12.8. The van der Waals surface area contributed by atoms with Crippen molar-refractivity contribution in [3.05, 3.63) is 59.2 Å². The summed E-state index contributed by atoms with van der Waals surface area (Å²) >= 11 is 0. The number of phenolic OH excluding ortho intramolecular Hbond substituents is 6. The highest BCUT2D eigenvalue weighted by molar-refractivity contribution is 6.02. The van der Waals surface area contributed by atoms with E-state index in [1.807, 2.05) is 0 Å². The number of fused-ring (bicyclic) bond motifs is 1. The van der Waals surface area contributed by atoms with E-state index in [2.05, 4.69) is 0 Å². The summed E-state index contributed by atoms with van der Waals surface area (Å²) in [6.07, 6.45) is -9.77. The third kappa shape index (κ3) is 5.87. The van der Waals surface area contributed by atoms with Crippen molar-refractivity contribution in [1.29, 1.82) is 0 Å². The molecule has 0 amide bonds. The minimum atomic E-state index is -1.85. The molecule has 1 saturated heterocycles. The van der Waals surface area contributed by atoms with Crippen molar-refractivity contribution < 1.29 is 74.5 Å². The van der Waals surface area contributed by atoms with Crippen LogP contribution in [0.5, 0.6) is 46.0 Å². The Hall–Kier alpha value is -4.96. The van der Waals surface area contributed by atoms with Gasteiger partial charge < -0.3 is 64.9 Å². The highest BCUT2D eigenvalue weighted by Gasteiger charge is 2.46. The summed E-state index contributed by atoms with van der Waals surface area (Å²) in [6.45, 7) is -0.697. The highest BCUT2D eigenvalue weighted by atomic mass is 16.7. The highest BCUT2D eigenvalue weighted by Crippen LogP contribution is 2.43. The molecule has 1 fully saturated rings. The predicted octanol–water partition coefficient (Wildman–Crippen LogP) is 0.670. The summed E-state index contributed by atoms with van der Waals surface area (Å²) in [6, 6.07) is 7.56. The molecular formula is C28H26O15. The van der Waals surface area contributed by atoms with Crippen molar-refractivity contribution in [3.8, 4) is 46.0 Å². The lowest BCUT2D eigenvalue weighted by Gasteiger charge is -2.40. The van der Waals surface area contributed by atoms with E-state index in [1.165, 1.54) is 18.2 Å². The fourth-order valence-electron chi connectivity index (χ4n) is 4.72. The Bertz CT molecular complexity index is 1530. The first-order chi connectivity index (χ1) is 20.3. The molecule has 6 atom stereocenters. The zero-order valence-electron chi connectivity index (χ0n) is 21.9. The topological polar surface area (TPSA) is 253 Å². The molecule has 0 radical (unpaired) electrons. The average Bonchev–Trinajstić information content (AvgIpc) is 2.94. The van der Waals surface area contributed by atoms with Gasteiger partial charge in [0, 0.05) is 23.8 Å². The van der Waals surface area contributed by atoms with Gasteiger partial charge in [-0.1, -0.05) is 0 Å². The molecule has 9 N–H and O–H groups in total.